The molecule has 1 aromatic carbocycles. The Morgan fingerprint density at radius 3 is 2.46 bits per heavy atom. The van der Waals surface area contributed by atoms with Crippen molar-refractivity contribution in [1.29, 1.82) is 0 Å². The lowest BCUT2D eigenvalue weighted by Crippen LogP contribution is -2.48. The number of hydrogen-bond donors (Lipinski definition) is 2. The zero-order valence-corrected chi connectivity index (χ0v) is 17.1. The van der Waals surface area contributed by atoms with E-state index < -0.39 is 9.84 Å². The van der Waals surface area contributed by atoms with Crippen LogP contribution in [0, 0.1) is 13.8 Å². The van der Waals surface area contributed by atoms with Gasteiger partial charge in [0.15, 0.2) is 15.8 Å². The van der Waals surface area contributed by atoms with Crippen LogP contribution in [0.1, 0.15) is 44.2 Å². The van der Waals surface area contributed by atoms with Crippen LogP contribution < -0.4 is 10.6 Å². The highest BCUT2D eigenvalue weighted by Crippen LogP contribution is 2.17. The van der Waals surface area contributed by atoms with E-state index in [9.17, 15) is 8.42 Å². The Morgan fingerprint density at radius 1 is 1.19 bits per heavy atom. The average molecular weight is 378 g/mol. The first-order chi connectivity index (χ1) is 12.4. The lowest BCUT2D eigenvalue weighted by atomic mass is 10.1. The average Bonchev–Trinajstić information content (AvgIpc) is 3.09. The summed E-state index contributed by atoms with van der Waals surface area (Å²) < 4.78 is 25.7. The fourth-order valence-electron chi connectivity index (χ4n) is 2.94. The van der Waals surface area contributed by atoms with Crippen molar-refractivity contribution in [3.8, 4) is 0 Å². The molecule has 6 heteroatoms. The third-order valence-corrected chi connectivity index (χ3v) is 6.57. The summed E-state index contributed by atoms with van der Waals surface area (Å²) in [7, 11) is -3.36. The summed E-state index contributed by atoms with van der Waals surface area (Å²) in [6, 6.07) is 5.49. The highest BCUT2D eigenvalue weighted by Gasteiger charge is 2.22. The molecule has 5 nitrogen and oxygen atoms in total. The number of sulfone groups is 1. The van der Waals surface area contributed by atoms with Gasteiger partial charge in [-0.05, 0) is 63.3 Å². The van der Waals surface area contributed by atoms with E-state index in [4.69, 9.17) is 0 Å². The summed E-state index contributed by atoms with van der Waals surface area (Å²) in [5.41, 5.74) is 2.09. The zero-order valence-electron chi connectivity index (χ0n) is 16.2. The minimum Gasteiger partial charge on any atom is -0.353 e. The number of guanidine groups is 1. The van der Waals surface area contributed by atoms with Crippen LogP contribution in [0.15, 0.2) is 40.2 Å². The van der Waals surface area contributed by atoms with Crippen molar-refractivity contribution in [2.24, 2.45) is 4.99 Å². The minimum atomic E-state index is -3.36. The van der Waals surface area contributed by atoms with Crippen molar-refractivity contribution in [2.45, 2.75) is 63.9 Å². The van der Waals surface area contributed by atoms with E-state index in [-0.39, 0.29) is 11.8 Å². The second-order valence-corrected chi connectivity index (χ2v) is 8.92. The number of nitrogens with one attached hydrogen (secondary N) is 2. The fraction of sp³-hybridized carbons (Fsp3) is 0.550. The molecule has 0 heterocycles. The molecule has 1 aliphatic rings. The first-order valence-corrected chi connectivity index (χ1v) is 11.0. The summed E-state index contributed by atoms with van der Waals surface area (Å²) >= 11 is 0. The smallest absolute Gasteiger partial charge is 0.191 e. The topological polar surface area (TPSA) is 70.6 Å². The van der Waals surface area contributed by atoms with Crippen molar-refractivity contribution in [2.75, 3.05) is 12.3 Å². The van der Waals surface area contributed by atoms with E-state index in [1.54, 1.807) is 12.1 Å². The number of aliphatic imine (C=N–C) groups is 1. The maximum absolute atomic E-state index is 12.8. The van der Waals surface area contributed by atoms with Gasteiger partial charge in [0.05, 0.1) is 10.6 Å². The molecule has 0 saturated heterocycles. The number of hydrogen-bond acceptors (Lipinski definition) is 3. The van der Waals surface area contributed by atoms with Crippen LogP contribution in [0.4, 0.5) is 0 Å². The second-order valence-electron chi connectivity index (χ2n) is 6.88. The molecule has 0 aromatic heterocycles. The van der Waals surface area contributed by atoms with Gasteiger partial charge in [0.2, 0.25) is 0 Å². The highest BCUT2D eigenvalue weighted by molar-refractivity contribution is 7.91. The molecule has 0 radical (unpaired) electrons. The van der Waals surface area contributed by atoms with Crippen LogP contribution in [-0.2, 0) is 9.84 Å². The molecule has 0 bridgehead atoms. The third kappa shape index (κ3) is 5.59. The quantitative estimate of drug-likeness (QED) is 0.435. The fourth-order valence-corrected chi connectivity index (χ4v) is 4.62. The van der Waals surface area contributed by atoms with Crippen LogP contribution in [0.25, 0.3) is 0 Å². The summed E-state index contributed by atoms with van der Waals surface area (Å²) in [5.74, 6) is 0.752. The van der Waals surface area contributed by atoms with E-state index in [1.165, 1.54) is 0 Å². The Kier molecular flexibility index (Phi) is 7.26. The SMILES string of the molecule is CCN=C(NC1CC=CC1)NC(CC)CS(=O)(=O)c1ccc(C)c(C)c1. The standard InChI is InChI=1S/C20H31N3O2S/c1-5-17(22-20(21-6-2)23-18-9-7-8-10-18)14-26(24,25)19-12-11-15(3)16(4)13-19/h7-8,11-13,17-18H,5-6,9-10,14H2,1-4H3,(H2,21,22,23). The normalized spacial score (nSPS) is 16.7. The molecule has 1 atom stereocenters. The molecule has 1 unspecified atom stereocenters. The van der Waals surface area contributed by atoms with Gasteiger partial charge in [-0.1, -0.05) is 25.1 Å². The van der Waals surface area contributed by atoms with Crippen molar-refractivity contribution in [1.82, 2.24) is 10.6 Å². The van der Waals surface area contributed by atoms with Gasteiger partial charge in [0.1, 0.15) is 0 Å². The van der Waals surface area contributed by atoms with Crippen LogP contribution in [-0.4, -0.2) is 38.8 Å². The van der Waals surface area contributed by atoms with Gasteiger partial charge in [0, 0.05) is 18.6 Å². The predicted molar refractivity (Wildman–Crippen MR) is 108 cm³/mol. The summed E-state index contributed by atoms with van der Waals surface area (Å²) in [6.45, 7) is 8.54. The number of rotatable bonds is 7. The summed E-state index contributed by atoms with van der Waals surface area (Å²) in [6.07, 6.45) is 6.97. The molecule has 0 fully saturated rings. The third-order valence-electron chi connectivity index (χ3n) is 4.76. The van der Waals surface area contributed by atoms with Crippen LogP contribution in [0.2, 0.25) is 0 Å². The Morgan fingerprint density at radius 2 is 1.88 bits per heavy atom. The number of nitrogens with zero attached hydrogens (tertiary/aromatic N) is 1. The molecule has 0 spiro atoms. The molecule has 26 heavy (non-hydrogen) atoms. The molecule has 2 rings (SSSR count). The summed E-state index contributed by atoms with van der Waals surface area (Å²) in [5, 5.41) is 6.72. The van der Waals surface area contributed by atoms with Crippen LogP contribution in [0.5, 0.6) is 0 Å². The van der Waals surface area contributed by atoms with Crippen molar-refractivity contribution in [3.05, 3.63) is 41.5 Å². The first kappa shape index (κ1) is 20.5. The maximum atomic E-state index is 12.8. The maximum Gasteiger partial charge on any atom is 0.191 e. The predicted octanol–water partition coefficient (Wildman–Crippen LogP) is 3.13. The Hall–Kier alpha value is -1.82. The van der Waals surface area contributed by atoms with Crippen molar-refractivity contribution < 1.29 is 8.42 Å². The van der Waals surface area contributed by atoms with Gasteiger partial charge in [-0.2, -0.15) is 0 Å². The molecule has 2 N–H and O–H groups in total. The molecule has 1 aromatic rings. The van der Waals surface area contributed by atoms with E-state index >= 15 is 0 Å². The molecule has 0 aliphatic heterocycles. The van der Waals surface area contributed by atoms with E-state index in [0.717, 1.165) is 24.0 Å². The Balaban J connectivity index is 2.08. The largest absolute Gasteiger partial charge is 0.353 e. The first-order valence-electron chi connectivity index (χ1n) is 9.38. The lowest BCUT2D eigenvalue weighted by Gasteiger charge is -2.23. The summed E-state index contributed by atoms with van der Waals surface area (Å²) in [4.78, 5) is 4.87. The second kappa shape index (κ2) is 9.21. The van der Waals surface area contributed by atoms with E-state index in [0.29, 0.717) is 29.9 Å². The molecular formula is C20H31N3O2S. The zero-order chi connectivity index (χ0) is 19.2. The Labute approximate surface area is 157 Å². The van der Waals surface area contributed by atoms with E-state index in [2.05, 4.69) is 27.8 Å². The molecule has 1 aliphatic carbocycles. The molecule has 0 saturated carbocycles. The van der Waals surface area contributed by atoms with E-state index in [1.807, 2.05) is 33.8 Å². The molecular weight excluding hydrogens is 346 g/mol. The van der Waals surface area contributed by atoms with Gasteiger partial charge in [-0.25, -0.2) is 8.42 Å². The monoisotopic (exact) mass is 377 g/mol. The number of benzene rings is 1. The minimum absolute atomic E-state index is 0.0549. The lowest BCUT2D eigenvalue weighted by molar-refractivity contribution is 0.560. The molecule has 144 valence electrons. The van der Waals surface area contributed by atoms with Gasteiger partial charge in [-0.15, -0.1) is 0 Å². The van der Waals surface area contributed by atoms with Gasteiger partial charge in [0.25, 0.3) is 0 Å². The van der Waals surface area contributed by atoms with Gasteiger partial charge < -0.3 is 10.6 Å². The van der Waals surface area contributed by atoms with Gasteiger partial charge in [-0.3, -0.25) is 4.99 Å². The van der Waals surface area contributed by atoms with Gasteiger partial charge >= 0.3 is 0 Å². The van der Waals surface area contributed by atoms with Crippen LogP contribution in [0.3, 0.4) is 0 Å². The van der Waals surface area contributed by atoms with Crippen molar-refractivity contribution >= 4 is 15.8 Å². The number of aryl methyl sites for hydroxylation is 2. The molecule has 0 amide bonds. The van der Waals surface area contributed by atoms with Crippen LogP contribution >= 0.6 is 0 Å². The Bertz CT molecular complexity index is 761. The van der Waals surface area contributed by atoms with Crippen molar-refractivity contribution in [3.63, 3.8) is 0 Å². The highest BCUT2D eigenvalue weighted by atomic mass is 32.2.